The van der Waals surface area contributed by atoms with Crippen LogP contribution >= 0.6 is 11.8 Å². The topological polar surface area (TPSA) is 32.7 Å². The van der Waals surface area contributed by atoms with E-state index in [0.717, 1.165) is 5.17 Å². The summed E-state index contributed by atoms with van der Waals surface area (Å²) in [5, 5.41) is 2.79. The molecule has 90 valence electrons. The number of thioether (sulfide) groups is 1. The number of amides is 1. The maximum atomic E-state index is 12.2. The maximum Gasteiger partial charge on any atom is 0.275 e. The first-order valence-corrected chi connectivity index (χ1v) is 6.60. The highest BCUT2D eigenvalue weighted by atomic mass is 32.2. The predicted octanol–water partition coefficient (Wildman–Crippen LogP) is 3.07. The van der Waals surface area contributed by atoms with Crippen molar-refractivity contribution >= 4 is 22.8 Å². The minimum Gasteiger partial charge on any atom is -0.311 e. The number of nitrogens with zero attached hydrogens (tertiary/aromatic N) is 2. The van der Waals surface area contributed by atoms with Crippen molar-refractivity contribution in [3.63, 3.8) is 0 Å². The summed E-state index contributed by atoms with van der Waals surface area (Å²) in [6.45, 7) is 3.94. The van der Waals surface area contributed by atoms with Crippen LogP contribution in [0.15, 0.2) is 40.9 Å². The van der Waals surface area contributed by atoms with Gasteiger partial charge in [-0.15, -0.1) is 0 Å². The fraction of sp³-hybridized carbons (Fsp3) is 0.385. The Kier molecular flexibility index (Phi) is 3.52. The van der Waals surface area contributed by atoms with Crippen molar-refractivity contribution in [2.24, 2.45) is 4.99 Å². The van der Waals surface area contributed by atoms with E-state index in [1.54, 1.807) is 0 Å². The van der Waals surface area contributed by atoms with Crippen LogP contribution in [0.25, 0.3) is 0 Å². The van der Waals surface area contributed by atoms with Crippen LogP contribution in [0, 0.1) is 0 Å². The fourth-order valence-corrected chi connectivity index (χ4v) is 2.84. The third-order valence-corrected chi connectivity index (χ3v) is 3.78. The van der Waals surface area contributed by atoms with Crippen molar-refractivity contribution in [1.82, 2.24) is 4.90 Å². The molecule has 0 radical (unpaired) electrons. The molecule has 3 nitrogen and oxygen atoms in total. The van der Waals surface area contributed by atoms with Gasteiger partial charge in [0.25, 0.3) is 5.91 Å². The molecule has 1 amide bonds. The van der Waals surface area contributed by atoms with E-state index in [2.05, 4.69) is 4.99 Å². The van der Waals surface area contributed by atoms with Gasteiger partial charge in [0, 0.05) is 6.20 Å². The molecule has 0 aromatic carbocycles. The summed E-state index contributed by atoms with van der Waals surface area (Å²) in [6, 6.07) is 0. The number of carbonyl (C=O) groups excluding carboxylic acids is 1. The Labute approximate surface area is 106 Å². The summed E-state index contributed by atoms with van der Waals surface area (Å²) >= 11 is 1.51. The smallest absolute Gasteiger partial charge is 0.275 e. The predicted molar refractivity (Wildman–Crippen MR) is 72.6 cm³/mol. The second-order valence-corrected chi connectivity index (χ2v) is 4.92. The van der Waals surface area contributed by atoms with Crippen LogP contribution in [0.3, 0.4) is 0 Å². The molecule has 0 aromatic heterocycles. The Bertz CT molecular complexity index is 421. The van der Waals surface area contributed by atoms with Gasteiger partial charge in [0.1, 0.15) is 5.54 Å². The summed E-state index contributed by atoms with van der Waals surface area (Å²) in [4.78, 5) is 18.3. The second-order valence-electron chi connectivity index (χ2n) is 4.05. The zero-order chi connectivity index (χ0) is 12.3. The summed E-state index contributed by atoms with van der Waals surface area (Å²) in [7, 11) is 0. The van der Waals surface area contributed by atoms with Crippen LogP contribution in [-0.2, 0) is 4.79 Å². The lowest BCUT2D eigenvalue weighted by Gasteiger charge is -2.32. The first-order valence-electron chi connectivity index (χ1n) is 5.72. The largest absolute Gasteiger partial charge is 0.311 e. The number of amidine groups is 1. The SMILES string of the molecule is CC=CCC1(CC=CC)C(=O)N=C2SC=CN21. The lowest BCUT2D eigenvalue weighted by molar-refractivity contribution is -0.124. The van der Waals surface area contributed by atoms with Gasteiger partial charge in [-0.2, -0.15) is 4.99 Å². The Morgan fingerprint density at radius 2 is 2.00 bits per heavy atom. The number of aliphatic imine (C=N–C) groups is 1. The number of hydrogen-bond acceptors (Lipinski definition) is 3. The summed E-state index contributed by atoms with van der Waals surface area (Å²) < 4.78 is 0. The third-order valence-electron chi connectivity index (χ3n) is 3.03. The van der Waals surface area contributed by atoms with Gasteiger partial charge in [0.2, 0.25) is 0 Å². The van der Waals surface area contributed by atoms with Gasteiger partial charge in [-0.25, -0.2) is 0 Å². The van der Waals surface area contributed by atoms with Crippen molar-refractivity contribution in [3.05, 3.63) is 35.9 Å². The molecule has 0 saturated heterocycles. The molecule has 0 atom stereocenters. The zero-order valence-corrected chi connectivity index (χ0v) is 10.9. The standard InChI is InChI=1S/C13H16N2OS/c1-3-5-7-13(8-6-4-2)11(16)14-12-15(13)9-10-17-12/h3-6,9-10H,7-8H2,1-2H3. The summed E-state index contributed by atoms with van der Waals surface area (Å²) in [6.07, 6.45) is 11.4. The van der Waals surface area contributed by atoms with Gasteiger partial charge in [0.15, 0.2) is 5.17 Å². The highest BCUT2D eigenvalue weighted by Gasteiger charge is 2.49. The van der Waals surface area contributed by atoms with Gasteiger partial charge >= 0.3 is 0 Å². The highest BCUT2D eigenvalue weighted by molar-refractivity contribution is 8.16. The van der Waals surface area contributed by atoms with Crippen molar-refractivity contribution in [3.8, 4) is 0 Å². The molecule has 0 unspecified atom stereocenters. The van der Waals surface area contributed by atoms with Crippen LogP contribution in [0.5, 0.6) is 0 Å². The van der Waals surface area contributed by atoms with Crippen molar-refractivity contribution < 1.29 is 4.79 Å². The molecule has 2 heterocycles. The quantitative estimate of drug-likeness (QED) is 0.717. The fourth-order valence-electron chi connectivity index (χ4n) is 2.05. The Morgan fingerprint density at radius 3 is 2.59 bits per heavy atom. The van der Waals surface area contributed by atoms with Crippen LogP contribution in [-0.4, -0.2) is 21.5 Å². The third kappa shape index (κ3) is 1.97. The maximum absolute atomic E-state index is 12.2. The first-order chi connectivity index (χ1) is 8.24. The average molecular weight is 248 g/mol. The molecule has 17 heavy (non-hydrogen) atoms. The van der Waals surface area contributed by atoms with E-state index >= 15 is 0 Å². The van der Waals surface area contributed by atoms with Gasteiger partial charge in [-0.05, 0) is 32.1 Å². The number of allylic oxidation sites excluding steroid dienone is 2. The molecule has 0 aromatic rings. The molecule has 2 aliphatic heterocycles. The Morgan fingerprint density at radius 1 is 1.35 bits per heavy atom. The lowest BCUT2D eigenvalue weighted by Crippen LogP contribution is -2.46. The van der Waals surface area contributed by atoms with Crippen molar-refractivity contribution in [2.75, 3.05) is 0 Å². The molecule has 4 heteroatoms. The highest BCUT2D eigenvalue weighted by Crippen LogP contribution is 2.39. The second kappa shape index (κ2) is 4.92. The zero-order valence-electron chi connectivity index (χ0n) is 10.1. The van der Waals surface area contributed by atoms with E-state index in [4.69, 9.17) is 0 Å². The van der Waals surface area contributed by atoms with E-state index in [-0.39, 0.29) is 5.91 Å². The van der Waals surface area contributed by atoms with Gasteiger partial charge in [-0.3, -0.25) is 4.79 Å². The molecule has 0 N–H and O–H groups in total. The number of rotatable bonds is 4. The monoisotopic (exact) mass is 248 g/mol. The molecule has 0 fully saturated rings. The molecular formula is C13H16N2OS. The molecule has 0 bridgehead atoms. The summed E-state index contributed by atoms with van der Waals surface area (Å²) in [5.74, 6) is -0.0273. The first kappa shape index (κ1) is 12.2. The van der Waals surface area contributed by atoms with E-state index < -0.39 is 5.54 Å². The molecule has 0 spiro atoms. The van der Waals surface area contributed by atoms with Gasteiger partial charge in [0.05, 0.1) is 0 Å². The molecule has 2 rings (SSSR count). The van der Waals surface area contributed by atoms with E-state index in [1.807, 2.05) is 54.7 Å². The van der Waals surface area contributed by atoms with Gasteiger partial charge < -0.3 is 4.90 Å². The van der Waals surface area contributed by atoms with Crippen molar-refractivity contribution in [1.29, 1.82) is 0 Å². The molecule has 2 aliphatic rings. The minimum atomic E-state index is -0.533. The molecular weight excluding hydrogens is 232 g/mol. The van der Waals surface area contributed by atoms with Crippen LogP contribution in [0.1, 0.15) is 26.7 Å². The number of hydrogen-bond donors (Lipinski definition) is 0. The van der Waals surface area contributed by atoms with Crippen LogP contribution in [0.2, 0.25) is 0 Å². The minimum absolute atomic E-state index is 0.0273. The Balaban J connectivity index is 2.32. The number of fused-ring (bicyclic) bond motifs is 1. The number of carbonyl (C=O) groups is 1. The van der Waals surface area contributed by atoms with E-state index in [9.17, 15) is 4.79 Å². The molecule has 0 aliphatic carbocycles. The van der Waals surface area contributed by atoms with E-state index in [0.29, 0.717) is 12.8 Å². The van der Waals surface area contributed by atoms with Crippen LogP contribution in [0.4, 0.5) is 0 Å². The lowest BCUT2D eigenvalue weighted by atomic mass is 9.89. The molecule has 0 saturated carbocycles. The van der Waals surface area contributed by atoms with Gasteiger partial charge in [-0.1, -0.05) is 36.1 Å². The van der Waals surface area contributed by atoms with Crippen LogP contribution < -0.4 is 0 Å². The summed E-state index contributed by atoms with van der Waals surface area (Å²) in [5.41, 5.74) is -0.533. The normalized spacial score (nSPS) is 27.5. The average Bonchev–Trinajstić information content (AvgIpc) is 2.86. The van der Waals surface area contributed by atoms with Crippen molar-refractivity contribution in [2.45, 2.75) is 32.2 Å². The Hall–Kier alpha value is -1.29. The van der Waals surface area contributed by atoms with E-state index in [1.165, 1.54) is 11.8 Å².